The van der Waals surface area contributed by atoms with Gasteiger partial charge in [-0.05, 0) is 24.5 Å². The van der Waals surface area contributed by atoms with E-state index < -0.39 is 57.5 Å². The van der Waals surface area contributed by atoms with Crippen molar-refractivity contribution in [1.29, 1.82) is 0 Å². The number of aromatic nitrogens is 3. The molecule has 0 spiro atoms. The zero-order valence-corrected chi connectivity index (χ0v) is 17.2. The Morgan fingerprint density at radius 2 is 1.58 bits per heavy atom. The molecule has 0 unspecified atom stereocenters. The molecule has 0 saturated carbocycles. The minimum Gasteiger partial charge on any atom is -0.477 e. The van der Waals surface area contributed by atoms with E-state index >= 15 is 0 Å². The van der Waals surface area contributed by atoms with Gasteiger partial charge >= 0.3 is 5.97 Å². The molecule has 0 aliphatic heterocycles. The van der Waals surface area contributed by atoms with E-state index in [-0.39, 0.29) is 21.8 Å². The van der Waals surface area contributed by atoms with Crippen molar-refractivity contribution in [3.05, 3.63) is 81.4 Å². The molecular formula is C21H10F5N3O3S. The summed E-state index contributed by atoms with van der Waals surface area (Å²) >= 11 is 0.935. The van der Waals surface area contributed by atoms with E-state index in [1.54, 1.807) is 0 Å². The molecule has 0 saturated heterocycles. The first-order valence-corrected chi connectivity index (χ1v) is 10.2. The van der Waals surface area contributed by atoms with Crippen molar-refractivity contribution in [3.8, 4) is 16.9 Å². The van der Waals surface area contributed by atoms with Crippen LogP contribution in [0.2, 0.25) is 0 Å². The highest BCUT2D eigenvalue weighted by molar-refractivity contribution is 7.98. The molecule has 0 aliphatic rings. The summed E-state index contributed by atoms with van der Waals surface area (Å²) in [4.78, 5) is 32.9. The van der Waals surface area contributed by atoms with Crippen LogP contribution in [0.25, 0.3) is 28.0 Å². The second-order valence-electron chi connectivity index (χ2n) is 6.64. The number of hydrogen-bond acceptors (Lipinski definition) is 5. The van der Waals surface area contributed by atoms with Gasteiger partial charge in [-0.1, -0.05) is 11.8 Å². The molecular weight excluding hydrogens is 469 g/mol. The number of hydrogen-bond donors (Lipinski definition) is 1. The van der Waals surface area contributed by atoms with E-state index in [0.717, 1.165) is 30.0 Å². The van der Waals surface area contributed by atoms with Gasteiger partial charge in [-0.25, -0.2) is 36.7 Å². The van der Waals surface area contributed by atoms with Crippen molar-refractivity contribution in [2.45, 2.75) is 5.16 Å². The average molecular weight is 479 g/mol. The van der Waals surface area contributed by atoms with Crippen LogP contribution in [-0.2, 0) is 0 Å². The van der Waals surface area contributed by atoms with Gasteiger partial charge in [-0.3, -0.25) is 9.36 Å². The third-order valence-electron chi connectivity index (χ3n) is 4.64. The molecule has 12 heteroatoms. The molecule has 33 heavy (non-hydrogen) atoms. The Labute approximate surface area is 185 Å². The van der Waals surface area contributed by atoms with Gasteiger partial charge in [0.2, 0.25) is 0 Å². The highest BCUT2D eigenvalue weighted by Crippen LogP contribution is 2.32. The smallest absolute Gasteiger partial charge is 0.341 e. The van der Waals surface area contributed by atoms with E-state index in [0.29, 0.717) is 22.8 Å². The topological polar surface area (TPSA) is 85.1 Å². The lowest BCUT2D eigenvalue weighted by Crippen LogP contribution is -2.28. The van der Waals surface area contributed by atoms with Crippen LogP contribution < -0.4 is 5.56 Å². The lowest BCUT2D eigenvalue weighted by atomic mass is 10.1. The SMILES string of the molecule is CSc1nc(-c2ccc(F)cc2F)c2cc(C(=O)O)c(=O)n(-c3c(F)cc(F)cc3F)c2n1. The van der Waals surface area contributed by atoms with Crippen LogP contribution in [0.3, 0.4) is 0 Å². The number of fused-ring (bicyclic) bond motifs is 1. The number of thioether (sulfide) groups is 1. The fourth-order valence-corrected chi connectivity index (χ4v) is 3.61. The van der Waals surface area contributed by atoms with Gasteiger partial charge in [0.05, 0.1) is 5.69 Å². The second-order valence-corrected chi connectivity index (χ2v) is 7.42. The predicted octanol–water partition coefficient (Wildman–Crippen LogP) is 4.56. The highest BCUT2D eigenvalue weighted by atomic mass is 32.2. The minimum atomic E-state index is -1.75. The first-order chi connectivity index (χ1) is 15.6. The Hall–Kier alpha value is -3.80. The number of benzene rings is 2. The van der Waals surface area contributed by atoms with Crippen molar-refractivity contribution in [1.82, 2.24) is 14.5 Å². The second kappa shape index (κ2) is 8.28. The molecule has 2 aromatic heterocycles. The summed E-state index contributed by atoms with van der Waals surface area (Å²) < 4.78 is 71.0. The van der Waals surface area contributed by atoms with E-state index in [1.165, 1.54) is 6.26 Å². The van der Waals surface area contributed by atoms with E-state index in [9.17, 15) is 36.6 Å². The Morgan fingerprint density at radius 1 is 0.939 bits per heavy atom. The van der Waals surface area contributed by atoms with Crippen molar-refractivity contribution < 1.29 is 31.9 Å². The van der Waals surface area contributed by atoms with Crippen LogP contribution in [0, 0.1) is 29.1 Å². The summed E-state index contributed by atoms with van der Waals surface area (Å²) in [5.41, 5.74) is -4.37. The molecule has 168 valence electrons. The molecule has 6 nitrogen and oxygen atoms in total. The number of carbonyl (C=O) groups is 1. The molecule has 4 rings (SSSR count). The van der Waals surface area contributed by atoms with Crippen molar-refractivity contribution in [2.24, 2.45) is 0 Å². The van der Waals surface area contributed by atoms with Crippen molar-refractivity contribution in [2.75, 3.05) is 6.26 Å². The molecule has 2 aromatic carbocycles. The lowest BCUT2D eigenvalue weighted by Gasteiger charge is -2.16. The molecule has 2 heterocycles. The molecule has 1 N–H and O–H groups in total. The van der Waals surface area contributed by atoms with E-state index in [2.05, 4.69) is 9.97 Å². The number of rotatable bonds is 4. The quantitative estimate of drug-likeness (QED) is 0.262. The van der Waals surface area contributed by atoms with Gasteiger partial charge < -0.3 is 5.11 Å². The zero-order chi connectivity index (χ0) is 24.0. The number of nitrogens with zero attached hydrogens (tertiary/aromatic N) is 3. The maximum absolute atomic E-state index is 14.6. The molecule has 0 radical (unpaired) electrons. The largest absolute Gasteiger partial charge is 0.477 e. The fraction of sp³-hybridized carbons (Fsp3) is 0.0476. The third-order valence-corrected chi connectivity index (χ3v) is 5.19. The average Bonchev–Trinajstić information content (AvgIpc) is 2.73. The summed E-state index contributed by atoms with van der Waals surface area (Å²) in [6, 6.07) is 3.97. The monoisotopic (exact) mass is 479 g/mol. The van der Waals surface area contributed by atoms with Gasteiger partial charge in [0.25, 0.3) is 5.56 Å². The fourth-order valence-electron chi connectivity index (χ4n) is 3.25. The number of pyridine rings is 1. The first-order valence-electron chi connectivity index (χ1n) is 8.97. The summed E-state index contributed by atoms with van der Waals surface area (Å²) in [5, 5.41) is 9.17. The number of carboxylic acid groups (broad SMARTS) is 1. The normalized spacial score (nSPS) is 11.2. The highest BCUT2D eigenvalue weighted by Gasteiger charge is 2.25. The number of carboxylic acids is 1. The third kappa shape index (κ3) is 3.82. The van der Waals surface area contributed by atoms with Gasteiger partial charge in [0, 0.05) is 29.1 Å². The first kappa shape index (κ1) is 22.4. The predicted molar refractivity (Wildman–Crippen MR) is 109 cm³/mol. The summed E-state index contributed by atoms with van der Waals surface area (Å²) in [6.07, 6.45) is 1.53. The summed E-state index contributed by atoms with van der Waals surface area (Å²) in [7, 11) is 0. The van der Waals surface area contributed by atoms with Crippen LogP contribution in [0.15, 0.2) is 46.3 Å². The van der Waals surface area contributed by atoms with Crippen molar-refractivity contribution >= 4 is 28.8 Å². The van der Waals surface area contributed by atoms with E-state index in [4.69, 9.17) is 0 Å². The Balaban J connectivity index is 2.25. The van der Waals surface area contributed by atoms with Gasteiger partial charge in [-0.2, -0.15) is 0 Å². The number of halogens is 5. The zero-order valence-electron chi connectivity index (χ0n) is 16.4. The summed E-state index contributed by atoms with van der Waals surface area (Å²) in [5.74, 6) is -7.98. The maximum Gasteiger partial charge on any atom is 0.341 e. The maximum atomic E-state index is 14.6. The van der Waals surface area contributed by atoms with Crippen LogP contribution in [0.4, 0.5) is 22.0 Å². The molecule has 0 fully saturated rings. The molecule has 0 amide bonds. The van der Waals surface area contributed by atoms with Gasteiger partial charge in [0.15, 0.2) is 22.4 Å². The molecule has 0 bridgehead atoms. The van der Waals surface area contributed by atoms with E-state index in [1.807, 2.05) is 0 Å². The van der Waals surface area contributed by atoms with Gasteiger partial charge in [0.1, 0.15) is 28.7 Å². The lowest BCUT2D eigenvalue weighted by molar-refractivity contribution is 0.0694. The molecule has 4 aromatic rings. The molecule has 0 atom stereocenters. The Bertz CT molecular complexity index is 1500. The Morgan fingerprint density at radius 3 is 2.15 bits per heavy atom. The van der Waals surface area contributed by atoms with Crippen LogP contribution in [0.5, 0.6) is 0 Å². The summed E-state index contributed by atoms with van der Waals surface area (Å²) in [6.45, 7) is 0. The van der Waals surface area contributed by atoms with Gasteiger partial charge in [-0.15, -0.1) is 0 Å². The van der Waals surface area contributed by atoms with Crippen LogP contribution in [0.1, 0.15) is 10.4 Å². The Kier molecular flexibility index (Phi) is 5.62. The van der Waals surface area contributed by atoms with Crippen LogP contribution >= 0.6 is 11.8 Å². The van der Waals surface area contributed by atoms with Crippen molar-refractivity contribution in [3.63, 3.8) is 0 Å². The number of aromatic carboxylic acids is 1. The van der Waals surface area contributed by atoms with Crippen LogP contribution in [-0.4, -0.2) is 31.9 Å². The molecule has 0 aliphatic carbocycles. The standard InChI is InChI=1S/C21H10F5N3O3S/c1-33-21-27-16(10-3-2-8(22)4-13(10)24)11-7-12(20(31)32)19(30)29(18(11)28-21)17-14(25)5-9(23)6-15(17)26/h2-7H,1H3,(H,31,32). The minimum absolute atomic E-state index is 0.0691.